The summed E-state index contributed by atoms with van der Waals surface area (Å²) >= 11 is 6.24. The van der Waals surface area contributed by atoms with Gasteiger partial charge in [0.15, 0.2) is 5.78 Å². The SMILES string of the molecule is C=C/C(C)=C(/CNC(=O)c1ccc(Oc2ccccc2C#N)c(Cl)c1)C(C)=O. The minimum atomic E-state index is -0.374. The summed E-state index contributed by atoms with van der Waals surface area (Å²) < 4.78 is 5.69. The van der Waals surface area contributed by atoms with Crippen LogP contribution in [0.15, 0.2) is 66.3 Å². The number of nitrogens with one attached hydrogen (secondary N) is 1. The number of halogens is 1. The number of carbonyl (C=O) groups excluding carboxylic acids is 2. The monoisotopic (exact) mass is 394 g/mol. The summed E-state index contributed by atoms with van der Waals surface area (Å²) in [4.78, 5) is 24.1. The van der Waals surface area contributed by atoms with Crippen LogP contribution in [0.4, 0.5) is 0 Å². The Morgan fingerprint density at radius 1 is 1.21 bits per heavy atom. The second kappa shape index (κ2) is 9.54. The van der Waals surface area contributed by atoms with Crippen LogP contribution >= 0.6 is 11.6 Å². The minimum absolute atomic E-state index is 0.0947. The Hall–Kier alpha value is -3.36. The van der Waals surface area contributed by atoms with E-state index in [1.54, 1.807) is 49.4 Å². The number of carbonyl (C=O) groups is 2. The molecule has 2 aromatic rings. The van der Waals surface area contributed by atoms with Crippen LogP contribution in [0.25, 0.3) is 0 Å². The second-order valence-corrected chi connectivity index (χ2v) is 6.37. The van der Waals surface area contributed by atoms with E-state index < -0.39 is 0 Å². The minimum Gasteiger partial charge on any atom is -0.454 e. The molecule has 0 aliphatic carbocycles. The van der Waals surface area contributed by atoms with E-state index in [1.807, 2.05) is 6.07 Å². The molecule has 0 aliphatic heterocycles. The Kier molecular flexibility index (Phi) is 7.14. The lowest BCUT2D eigenvalue weighted by Crippen LogP contribution is -2.27. The van der Waals surface area contributed by atoms with Gasteiger partial charge in [0, 0.05) is 17.7 Å². The molecule has 1 amide bonds. The molecule has 5 nitrogen and oxygen atoms in total. The van der Waals surface area contributed by atoms with Gasteiger partial charge in [-0.2, -0.15) is 5.26 Å². The summed E-state index contributed by atoms with van der Waals surface area (Å²) in [5, 5.41) is 12.1. The molecule has 1 N–H and O–H groups in total. The van der Waals surface area contributed by atoms with Crippen molar-refractivity contribution in [1.82, 2.24) is 5.32 Å². The highest BCUT2D eigenvalue weighted by atomic mass is 35.5. The van der Waals surface area contributed by atoms with Crippen molar-refractivity contribution in [2.45, 2.75) is 13.8 Å². The fraction of sp³-hybridized carbons (Fsp3) is 0.136. The van der Waals surface area contributed by atoms with Gasteiger partial charge in [0.2, 0.25) is 0 Å². The Labute approximate surface area is 168 Å². The number of rotatable bonds is 7. The predicted octanol–water partition coefficient (Wildman–Crippen LogP) is 4.83. The number of nitrogens with zero attached hydrogens (tertiary/aromatic N) is 1. The number of amides is 1. The van der Waals surface area contributed by atoms with Crippen LogP contribution in [-0.2, 0) is 4.79 Å². The third-order valence-corrected chi connectivity index (χ3v) is 4.35. The van der Waals surface area contributed by atoms with Gasteiger partial charge in [0.1, 0.15) is 17.6 Å². The maximum atomic E-state index is 12.4. The van der Waals surface area contributed by atoms with Crippen LogP contribution in [0.2, 0.25) is 5.02 Å². The number of ketones is 1. The maximum absolute atomic E-state index is 12.4. The largest absolute Gasteiger partial charge is 0.454 e. The second-order valence-electron chi connectivity index (χ2n) is 5.96. The zero-order chi connectivity index (χ0) is 20.7. The highest BCUT2D eigenvalue weighted by Crippen LogP contribution is 2.31. The van der Waals surface area contributed by atoms with Gasteiger partial charge in [-0.25, -0.2) is 0 Å². The van der Waals surface area contributed by atoms with Crippen LogP contribution in [-0.4, -0.2) is 18.2 Å². The highest BCUT2D eigenvalue weighted by molar-refractivity contribution is 6.32. The Balaban J connectivity index is 2.15. The van der Waals surface area contributed by atoms with E-state index in [0.717, 1.165) is 0 Å². The first-order chi connectivity index (χ1) is 13.4. The van der Waals surface area contributed by atoms with Crippen LogP contribution in [0.1, 0.15) is 29.8 Å². The molecular weight excluding hydrogens is 376 g/mol. The normalized spacial score (nSPS) is 11.1. The lowest BCUT2D eigenvalue weighted by Gasteiger charge is -2.11. The smallest absolute Gasteiger partial charge is 0.251 e. The van der Waals surface area contributed by atoms with E-state index in [-0.39, 0.29) is 23.3 Å². The Bertz CT molecular complexity index is 1000. The Morgan fingerprint density at radius 2 is 1.93 bits per heavy atom. The van der Waals surface area contributed by atoms with Crippen molar-refractivity contribution in [1.29, 1.82) is 5.26 Å². The highest BCUT2D eigenvalue weighted by Gasteiger charge is 2.13. The number of hydrogen-bond donors (Lipinski definition) is 1. The van der Waals surface area contributed by atoms with Gasteiger partial charge in [-0.15, -0.1) is 0 Å². The van der Waals surface area contributed by atoms with Gasteiger partial charge in [0.25, 0.3) is 5.91 Å². The summed E-state index contributed by atoms with van der Waals surface area (Å²) in [7, 11) is 0. The molecule has 142 valence electrons. The molecule has 2 aromatic carbocycles. The van der Waals surface area contributed by atoms with E-state index in [4.69, 9.17) is 21.6 Å². The van der Waals surface area contributed by atoms with Gasteiger partial charge in [0.05, 0.1) is 10.6 Å². The van der Waals surface area contributed by atoms with Crippen LogP contribution < -0.4 is 10.1 Å². The molecule has 0 atom stereocenters. The van der Waals surface area contributed by atoms with E-state index in [1.165, 1.54) is 13.0 Å². The number of para-hydroxylation sites is 1. The first-order valence-corrected chi connectivity index (χ1v) is 8.83. The molecule has 0 fully saturated rings. The van der Waals surface area contributed by atoms with Crippen molar-refractivity contribution in [2.75, 3.05) is 6.54 Å². The van der Waals surface area contributed by atoms with Gasteiger partial charge in [-0.1, -0.05) is 36.4 Å². The summed E-state index contributed by atoms with van der Waals surface area (Å²) in [5.41, 5.74) is 1.90. The van der Waals surface area contributed by atoms with Crippen molar-refractivity contribution in [2.24, 2.45) is 0 Å². The van der Waals surface area contributed by atoms with Crippen LogP contribution in [0, 0.1) is 11.3 Å². The summed E-state index contributed by atoms with van der Waals surface area (Å²) in [6.07, 6.45) is 1.57. The molecule has 0 aromatic heterocycles. The summed E-state index contributed by atoms with van der Waals surface area (Å²) in [6, 6.07) is 13.4. The molecule has 0 unspecified atom stereocenters. The molecule has 28 heavy (non-hydrogen) atoms. The number of benzene rings is 2. The quantitative estimate of drug-likeness (QED) is 0.539. The van der Waals surface area contributed by atoms with Crippen LogP contribution in [0.5, 0.6) is 11.5 Å². The number of Topliss-reactive ketones (excluding diaryl/α,β-unsaturated/α-hetero) is 1. The lowest BCUT2D eigenvalue weighted by atomic mass is 10.1. The third-order valence-electron chi connectivity index (χ3n) is 4.05. The summed E-state index contributed by atoms with van der Waals surface area (Å²) in [6.45, 7) is 6.94. The molecule has 2 rings (SSSR count). The molecule has 0 heterocycles. The molecule has 0 saturated heterocycles. The zero-order valence-corrected chi connectivity index (χ0v) is 16.3. The predicted molar refractivity (Wildman–Crippen MR) is 109 cm³/mol. The zero-order valence-electron chi connectivity index (χ0n) is 15.6. The molecule has 0 saturated carbocycles. The fourth-order valence-corrected chi connectivity index (χ4v) is 2.65. The van der Waals surface area contributed by atoms with Crippen molar-refractivity contribution in [3.63, 3.8) is 0 Å². The number of ether oxygens (including phenoxy) is 1. The lowest BCUT2D eigenvalue weighted by molar-refractivity contribution is -0.113. The van der Waals surface area contributed by atoms with E-state index >= 15 is 0 Å². The first-order valence-electron chi connectivity index (χ1n) is 8.45. The van der Waals surface area contributed by atoms with Gasteiger partial charge >= 0.3 is 0 Å². The molecule has 0 radical (unpaired) electrons. The third kappa shape index (κ3) is 5.09. The summed E-state index contributed by atoms with van der Waals surface area (Å²) in [5.74, 6) is 0.199. The number of allylic oxidation sites excluding steroid dienone is 2. The molecular formula is C22H19ClN2O3. The average Bonchev–Trinajstić information content (AvgIpc) is 2.69. The number of hydrogen-bond acceptors (Lipinski definition) is 4. The van der Waals surface area contributed by atoms with Crippen molar-refractivity contribution in [3.8, 4) is 17.6 Å². The van der Waals surface area contributed by atoms with E-state index in [0.29, 0.717) is 33.8 Å². The maximum Gasteiger partial charge on any atom is 0.251 e. The standard InChI is InChI=1S/C22H19ClN2O3/c1-4-14(2)18(15(3)26)13-25-22(27)16-9-10-21(19(23)11-16)28-20-8-6-5-7-17(20)12-24/h4-11H,1,13H2,2-3H3,(H,25,27)/b18-14-. The molecule has 0 spiro atoms. The molecule has 0 aliphatic rings. The van der Waals surface area contributed by atoms with Gasteiger partial charge in [-0.05, 0) is 49.8 Å². The first kappa shape index (κ1) is 20.9. The van der Waals surface area contributed by atoms with Crippen molar-refractivity contribution in [3.05, 3.63) is 82.4 Å². The number of nitriles is 1. The van der Waals surface area contributed by atoms with Crippen LogP contribution in [0.3, 0.4) is 0 Å². The topological polar surface area (TPSA) is 79.2 Å². The fourth-order valence-electron chi connectivity index (χ4n) is 2.43. The average molecular weight is 395 g/mol. The van der Waals surface area contributed by atoms with Gasteiger partial charge in [-0.3, -0.25) is 9.59 Å². The molecule has 0 bridgehead atoms. The van der Waals surface area contributed by atoms with E-state index in [2.05, 4.69) is 11.9 Å². The molecule has 6 heteroatoms. The van der Waals surface area contributed by atoms with E-state index in [9.17, 15) is 9.59 Å². The van der Waals surface area contributed by atoms with Crippen molar-refractivity contribution < 1.29 is 14.3 Å². The van der Waals surface area contributed by atoms with Crippen molar-refractivity contribution >= 4 is 23.3 Å². The van der Waals surface area contributed by atoms with Gasteiger partial charge < -0.3 is 10.1 Å². The Morgan fingerprint density at radius 3 is 2.54 bits per heavy atom.